The summed E-state index contributed by atoms with van der Waals surface area (Å²) < 4.78 is 0. The minimum Gasteiger partial charge on any atom is -0.312 e. The topological polar surface area (TPSA) is 24.9 Å². The molecule has 0 bridgehead atoms. The lowest BCUT2D eigenvalue weighted by Crippen LogP contribution is -2.24. The minimum absolute atomic E-state index is 0. The van der Waals surface area contributed by atoms with E-state index in [0.29, 0.717) is 0 Å². The average molecular weight is 211 g/mol. The van der Waals surface area contributed by atoms with E-state index in [-0.39, 0.29) is 12.4 Å². The molecule has 1 saturated carbocycles. The number of hydrogen-bond acceptors (Lipinski definition) is 2. The van der Waals surface area contributed by atoms with Gasteiger partial charge in [-0.05, 0) is 24.5 Å². The summed E-state index contributed by atoms with van der Waals surface area (Å²) in [4.78, 5) is 4.74. The minimum atomic E-state index is 0. The molecule has 2 heterocycles. The van der Waals surface area contributed by atoms with Gasteiger partial charge in [-0.1, -0.05) is 6.07 Å². The molecule has 76 valence electrons. The Morgan fingerprint density at radius 3 is 2.93 bits per heavy atom. The molecule has 2 nitrogen and oxygen atoms in total. The van der Waals surface area contributed by atoms with E-state index in [1.165, 1.54) is 29.8 Å². The standard InChI is InChI=1S/C11H14N2.ClH/c1-2-8(1)10-4-3-9-7-12-6-5-11(9)13-10;/h3-4,8,12H,1-2,5-7H2;1H. The number of pyridine rings is 1. The smallest absolute Gasteiger partial charge is 0.0464 e. The maximum atomic E-state index is 4.74. The highest BCUT2D eigenvalue weighted by molar-refractivity contribution is 5.85. The fraction of sp³-hybridized carbons (Fsp3) is 0.545. The van der Waals surface area contributed by atoms with E-state index in [1.807, 2.05) is 0 Å². The van der Waals surface area contributed by atoms with Gasteiger partial charge in [0.25, 0.3) is 0 Å². The van der Waals surface area contributed by atoms with Gasteiger partial charge in [-0.25, -0.2) is 0 Å². The molecule has 0 saturated heterocycles. The summed E-state index contributed by atoms with van der Waals surface area (Å²) in [6.45, 7) is 2.10. The van der Waals surface area contributed by atoms with Gasteiger partial charge in [0, 0.05) is 36.8 Å². The van der Waals surface area contributed by atoms with E-state index in [9.17, 15) is 0 Å². The average Bonchev–Trinajstić information content (AvgIpc) is 3.00. The van der Waals surface area contributed by atoms with E-state index < -0.39 is 0 Å². The predicted octanol–water partition coefficient (Wildman–Crippen LogP) is 2.03. The summed E-state index contributed by atoms with van der Waals surface area (Å²) >= 11 is 0. The molecule has 2 aliphatic rings. The first kappa shape index (κ1) is 9.94. The van der Waals surface area contributed by atoms with Crippen molar-refractivity contribution in [2.75, 3.05) is 6.54 Å². The zero-order valence-corrected chi connectivity index (χ0v) is 8.94. The summed E-state index contributed by atoms with van der Waals surface area (Å²) in [6, 6.07) is 4.46. The van der Waals surface area contributed by atoms with E-state index >= 15 is 0 Å². The predicted molar refractivity (Wildman–Crippen MR) is 58.9 cm³/mol. The number of hydrogen-bond donors (Lipinski definition) is 1. The van der Waals surface area contributed by atoms with Crippen molar-refractivity contribution in [2.24, 2.45) is 0 Å². The van der Waals surface area contributed by atoms with Crippen LogP contribution in [0, 0.1) is 0 Å². The third kappa shape index (κ3) is 1.77. The highest BCUT2D eigenvalue weighted by atomic mass is 35.5. The third-order valence-electron chi connectivity index (χ3n) is 2.94. The Hall–Kier alpha value is -0.600. The van der Waals surface area contributed by atoms with Crippen LogP contribution in [0.1, 0.15) is 35.7 Å². The van der Waals surface area contributed by atoms with Crippen LogP contribution in [0.4, 0.5) is 0 Å². The van der Waals surface area contributed by atoms with Gasteiger partial charge in [-0.2, -0.15) is 0 Å². The van der Waals surface area contributed by atoms with Gasteiger partial charge in [-0.3, -0.25) is 4.98 Å². The van der Waals surface area contributed by atoms with Crippen molar-refractivity contribution in [3.05, 3.63) is 29.1 Å². The van der Waals surface area contributed by atoms with Crippen LogP contribution in [0.5, 0.6) is 0 Å². The van der Waals surface area contributed by atoms with Crippen LogP contribution >= 0.6 is 12.4 Å². The van der Waals surface area contributed by atoms with Gasteiger partial charge in [0.1, 0.15) is 0 Å². The lowest BCUT2D eigenvalue weighted by atomic mass is 10.1. The van der Waals surface area contributed by atoms with Crippen molar-refractivity contribution < 1.29 is 0 Å². The highest BCUT2D eigenvalue weighted by Gasteiger charge is 2.25. The molecular formula is C11H15ClN2. The van der Waals surface area contributed by atoms with Gasteiger partial charge in [0.05, 0.1) is 0 Å². The SMILES string of the molecule is Cl.c1cc2c(nc1C1CC1)CCNC2. The fourth-order valence-corrected chi connectivity index (χ4v) is 1.96. The van der Waals surface area contributed by atoms with Crippen molar-refractivity contribution in [2.45, 2.75) is 31.7 Å². The molecule has 3 rings (SSSR count). The lowest BCUT2D eigenvalue weighted by molar-refractivity contribution is 0.627. The Labute approximate surface area is 90.5 Å². The lowest BCUT2D eigenvalue weighted by Gasteiger charge is -2.16. The molecule has 1 fully saturated rings. The maximum absolute atomic E-state index is 4.74. The maximum Gasteiger partial charge on any atom is 0.0464 e. The number of fused-ring (bicyclic) bond motifs is 1. The van der Waals surface area contributed by atoms with Crippen molar-refractivity contribution >= 4 is 12.4 Å². The molecule has 0 spiro atoms. The summed E-state index contributed by atoms with van der Waals surface area (Å²) in [5.41, 5.74) is 4.07. The molecule has 1 aromatic rings. The van der Waals surface area contributed by atoms with Crippen LogP contribution in [0.2, 0.25) is 0 Å². The molecule has 1 aromatic heterocycles. The third-order valence-corrected chi connectivity index (χ3v) is 2.94. The van der Waals surface area contributed by atoms with Gasteiger partial charge in [0.2, 0.25) is 0 Å². The number of nitrogens with one attached hydrogen (secondary N) is 1. The van der Waals surface area contributed by atoms with Crippen molar-refractivity contribution in [3.8, 4) is 0 Å². The first-order chi connectivity index (χ1) is 6.43. The monoisotopic (exact) mass is 210 g/mol. The molecule has 0 radical (unpaired) electrons. The molecule has 1 aliphatic heterocycles. The van der Waals surface area contributed by atoms with Crippen LogP contribution in [0.3, 0.4) is 0 Å². The number of nitrogens with zero attached hydrogens (tertiary/aromatic N) is 1. The zero-order chi connectivity index (χ0) is 8.67. The first-order valence-electron chi connectivity index (χ1n) is 5.13. The van der Waals surface area contributed by atoms with E-state index in [2.05, 4.69) is 17.4 Å². The Kier molecular flexibility index (Phi) is 2.75. The molecule has 1 N–H and O–H groups in total. The first-order valence-corrected chi connectivity index (χ1v) is 5.13. The Morgan fingerprint density at radius 2 is 2.14 bits per heavy atom. The largest absolute Gasteiger partial charge is 0.312 e. The van der Waals surface area contributed by atoms with Gasteiger partial charge < -0.3 is 5.32 Å². The Morgan fingerprint density at radius 1 is 1.29 bits per heavy atom. The molecule has 3 heteroatoms. The quantitative estimate of drug-likeness (QED) is 0.768. The second-order valence-electron chi connectivity index (χ2n) is 4.04. The van der Waals surface area contributed by atoms with Crippen LogP contribution in [0.25, 0.3) is 0 Å². The molecule has 0 atom stereocenters. The Bertz CT molecular complexity index is 334. The summed E-state index contributed by atoms with van der Waals surface area (Å²) in [5, 5.41) is 3.37. The van der Waals surface area contributed by atoms with Gasteiger partial charge in [-0.15, -0.1) is 12.4 Å². The summed E-state index contributed by atoms with van der Waals surface area (Å²) in [6.07, 6.45) is 3.81. The molecule has 0 aromatic carbocycles. The molecular weight excluding hydrogens is 196 g/mol. The van der Waals surface area contributed by atoms with Crippen LogP contribution in [0.15, 0.2) is 12.1 Å². The Balaban J connectivity index is 0.000000750. The molecule has 1 aliphatic carbocycles. The van der Waals surface area contributed by atoms with Crippen molar-refractivity contribution in [1.82, 2.24) is 10.3 Å². The van der Waals surface area contributed by atoms with Crippen molar-refractivity contribution in [3.63, 3.8) is 0 Å². The van der Waals surface area contributed by atoms with Gasteiger partial charge >= 0.3 is 0 Å². The second-order valence-corrected chi connectivity index (χ2v) is 4.04. The number of aromatic nitrogens is 1. The molecule has 0 unspecified atom stereocenters. The van der Waals surface area contributed by atoms with E-state index in [1.54, 1.807) is 0 Å². The highest BCUT2D eigenvalue weighted by Crippen LogP contribution is 2.39. The summed E-state index contributed by atoms with van der Waals surface area (Å²) in [7, 11) is 0. The van der Waals surface area contributed by atoms with Crippen LogP contribution in [-0.2, 0) is 13.0 Å². The normalized spacial score (nSPS) is 19.7. The van der Waals surface area contributed by atoms with Gasteiger partial charge in [0.15, 0.2) is 0 Å². The second kappa shape index (κ2) is 3.87. The fourth-order valence-electron chi connectivity index (χ4n) is 1.96. The van der Waals surface area contributed by atoms with E-state index in [0.717, 1.165) is 25.4 Å². The number of halogens is 1. The zero-order valence-electron chi connectivity index (χ0n) is 8.12. The number of rotatable bonds is 1. The molecule has 0 amide bonds. The van der Waals surface area contributed by atoms with E-state index in [4.69, 9.17) is 4.98 Å². The molecule has 14 heavy (non-hydrogen) atoms. The summed E-state index contributed by atoms with van der Waals surface area (Å²) in [5.74, 6) is 0.792. The van der Waals surface area contributed by atoms with Crippen LogP contribution < -0.4 is 5.32 Å². The van der Waals surface area contributed by atoms with Crippen LogP contribution in [-0.4, -0.2) is 11.5 Å². The van der Waals surface area contributed by atoms with Crippen molar-refractivity contribution in [1.29, 1.82) is 0 Å².